The molecule has 0 heterocycles. The van der Waals surface area contributed by atoms with E-state index in [1.54, 1.807) is 13.8 Å². The standard InChI is InChI=1S/C19H34N2O6.K/c1-4-7-8-9-10-17(23)20-11-12-21(13-14-22,15(5-2)18(24)25)16(6-3)19(26)27;/h7-8,15-16,22H,4-6,9-14H2,1-3H3,(H2-,20,23,24,25,26,27);/q;+1/b8-7+;. The van der Waals surface area contributed by atoms with E-state index in [9.17, 15) is 29.7 Å². The van der Waals surface area contributed by atoms with Gasteiger partial charge in [0.1, 0.15) is 12.6 Å². The van der Waals surface area contributed by atoms with Crippen LogP contribution in [0.25, 0.3) is 0 Å². The number of hydrogen-bond donors (Lipinski definition) is 3. The smallest absolute Gasteiger partial charge is 0.544 e. The molecule has 3 N–H and O–H groups in total. The second kappa shape index (κ2) is 16.5. The summed E-state index contributed by atoms with van der Waals surface area (Å²) < 4.78 is -0.350. The van der Waals surface area contributed by atoms with Gasteiger partial charge in [-0.05, 0) is 12.8 Å². The zero-order valence-electron chi connectivity index (χ0n) is 17.6. The first kappa shape index (κ1) is 29.9. The van der Waals surface area contributed by atoms with E-state index in [0.717, 1.165) is 6.42 Å². The van der Waals surface area contributed by atoms with E-state index in [0.29, 0.717) is 12.8 Å². The quantitative estimate of drug-likeness (QED) is 0.146. The summed E-state index contributed by atoms with van der Waals surface area (Å²) in [6, 6.07) is -2.09. The minimum Gasteiger partial charge on any atom is -0.544 e. The molecule has 0 aliphatic heterocycles. The third-order valence-corrected chi connectivity index (χ3v) is 4.88. The first-order valence-electron chi connectivity index (χ1n) is 9.63. The maximum Gasteiger partial charge on any atom is 1.00 e. The molecule has 0 saturated carbocycles. The van der Waals surface area contributed by atoms with E-state index >= 15 is 0 Å². The summed E-state index contributed by atoms with van der Waals surface area (Å²) in [5.74, 6) is -2.65. The Kier molecular flexibility index (Phi) is 17.6. The Morgan fingerprint density at radius 2 is 1.68 bits per heavy atom. The van der Waals surface area contributed by atoms with Crippen molar-refractivity contribution >= 4 is 17.8 Å². The fourth-order valence-corrected chi connectivity index (χ4v) is 3.63. The van der Waals surface area contributed by atoms with Crippen molar-refractivity contribution in [3.8, 4) is 0 Å². The normalized spacial score (nSPS) is 15.3. The van der Waals surface area contributed by atoms with Crippen molar-refractivity contribution in [3.05, 3.63) is 12.2 Å². The molecule has 0 aromatic heterocycles. The van der Waals surface area contributed by atoms with Crippen LogP contribution >= 0.6 is 0 Å². The molecular weight excluding hydrogens is 391 g/mol. The van der Waals surface area contributed by atoms with Gasteiger partial charge in [-0.2, -0.15) is 0 Å². The summed E-state index contributed by atoms with van der Waals surface area (Å²) in [6.07, 6.45) is 6.09. The first-order chi connectivity index (χ1) is 12.8. The van der Waals surface area contributed by atoms with E-state index in [-0.39, 0.29) is 101 Å². The minimum absolute atomic E-state index is 0. The molecule has 0 rings (SSSR count). The first-order valence-corrected chi connectivity index (χ1v) is 9.63. The zero-order valence-corrected chi connectivity index (χ0v) is 20.8. The molecule has 0 radical (unpaired) electrons. The SMILES string of the molecule is CC/C=C/CCC(=O)NCC[N+](CCO)(C(CC)C(=O)[O-])C(CC)C(=O)O.[K+]. The van der Waals surface area contributed by atoms with Gasteiger partial charge in [0, 0.05) is 19.3 Å². The van der Waals surface area contributed by atoms with Gasteiger partial charge in [-0.15, -0.1) is 0 Å². The second-order valence-corrected chi connectivity index (χ2v) is 6.55. The summed E-state index contributed by atoms with van der Waals surface area (Å²) in [5, 5.41) is 33.6. The van der Waals surface area contributed by atoms with Gasteiger partial charge in [0.25, 0.3) is 0 Å². The van der Waals surface area contributed by atoms with Crippen LogP contribution in [0.4, 0.5) is 0 Å². The van der Waals surface area contributed by atoms with Crippen molar-refractivity contribution in [2.75, 3.05) is 26.2 Å². The van der Waals surface area contributed by atoms with Crippen molar-refractivity contribution in [3.63, 3.8) is 0 Å². The minimum atomic E-state index is -1.35. The molecule has 156 valence electrons. The van der Waals surface area contributed by atoms with E-state index in [1.165, 1.54) is 0 Å². The number of allylic oxidation sites excluding steroid dienone is 2. The molecule has 3 atom stereocenters. The van der Waals surface area contributed by atoms with Gasteiger partial charge >= 0.3 is 57.4 Å². The number of aliphatic hydroxyl groups excluding tert-OH is 1. The van der Waals surface area contributed by atoms with Crippen LogP contribution < -0.4 is 61.8 Å². The number of quaternary nitrogens is 1. The largest absolute Gasteiger partial charge is 1.00 e. The van der Waals surface area contributed by atoms with Crippen LogP contribution in [0.3, 0.4) is 0 Å². The van der Waals surface area contributed by atoms with Crippen LogP contribution in [0.5, 0.6) is 0 Å². The Balaban J connectivity index is 0. The second-order valence-electron chi connectivity index (χ2n) is 6.55. The Bertz CT molecular complexity index is 491. The molecule has 1 amide bonds. The van der Waals surface area contributed by atoms with Gasteiger partial charge < -0.3 is 29.9 Å². The summed E-state index contributed by atoms with van der Waals surface area (Å²) in [7, 11) is 0. The maximum absolute atomic E-state index is 12.0. The number of rotatable bonds is 15. The van der Waals surface area contributed by atoms with Crippen LogP contribution in [0.15, 0.2) is 12.2 Å². The predicted octanol–water partition coefficient (Wildman–Crippen LogP) is -2.95. The Labute approximate surface area is 210 Å². The van der Waals surface area contributed by atoms with Crippen molar-refractivity contribution in [1.29, 1.82) is 0 Å². The van der Waals surface area contributed by atoms with E-state index in [4.69, 9.17) is 0 Å². The van der Waals surface area contributed by atoms with Crippen LogP contribution in [-0.4, -0.2) is 70.9 Å². The molecule has 0 saturated heterocycles. The number of hydrogen-bond acceptors (Lipinski definition) is 5. The van der Waals surface area contributed by atoms with Gasteiger partial charge in [0.2, 0.25) is 5.91 Å². The third kappa shape index (κ3) is 9.47. The molecule has 0 aromatic rings. The zero-order chi connectivity index (χ0) is 20.9. The Hall–Kier alpha value is -0.294. The average Bonchev–Trinajstić information content (AvgIpc) is 2.59. The van der Waals surface area contributed by atoms with Crippen LogP contribution in [0.1, 0.15) is 52.9 Å². The molecule has 0 spiro atoms. The van der Waals surface area contributed by atoms with Crippen molar-refractivity contribution in [1.82, 2.24) is 5.32 Å². The van der Waals surface area contributed by atoms with Crippen molar-refractivity contribution < 1.29 is 85.6 Å². The maximum atomic E-state index is 12.0. The third-order valence-electron chi connectivity index (χ3n) is 4.88. The molecule has 3 unspecified atom stereocenters. The predicted molar refractivity (Wildman–Crippen MR) is 99.6 cm³/mol. The fourth-order valence-electron chi connectivity index (χ4n) is 3.63. The average molecular weight is 426 g/mol. The van der Waals surface area contributed by atoms with Gasteiger partial charge in [-0.25, -0.2) is 4.79 Å². The topological polar surface area (TPSA) is 127 Å². The van der Waals surface area contributed by atoms with Crippen molar-refractivity contribution in [2.24, 2.45) is 0 Å². The molecule has 0 bridgehead atoms. The number of nitrogens with one attached hydrogen (secondary N) is 1. The van der Waals surface area contributed by atoms with Crippen LogP contribution in [-0.2, 0) is 14.4 Å². The number of aliphatic carboxylic acids is 2. The summed E-state index contributed by atoms with van der Waals surface area (Å²) >= 11 is 0. The Morgan fingerprint density at radius 1 is 1.07 bits per heavy atom. The number of carboxylic acids is 2. The fraction of sp³-hybridized carbons (Fsp3) is 0.737. The monoisotopic (exact) mass is 425 g/mol. The molecule has 0 aliphatic rings. The molecule has 9 heteroatoms. The number of amides is 1. The number of aliphatic hydroxyl groups is 1. The summed E-state index contributed by atoms with van der Waals surface area (Å²) in [5.41, 5.74) is 0. The molecular formula is C19H34KN2O6+. The summed E-state index contributed by atoms with van der Waals surface area (Å²) in [6.45, 7) is 5.15. The van der Waals surface area contributed by atoms with E-state index < -0.39 is 24.0 Å². The van der Waals surface area contributed by atoms with E-state index in [2.05, 4.69) is 5.32 Å². The van der Waals surface area contributed by atoms with Crippen LogP contribution in [0.2, 0.25) is 0 Å². The number of carboxylic acid groups (broad SMARTS) is 2. The molecule has 8 nitrogen and oxygen atoms in total. The molecule has 0 aromatic carbocycles. The van der Waals surface area contributed by atoms with Gasteiger partial charge in [-0.1, -0.05) is 32.9 Å². The number of carbonyl (C=O) groups is 3. The van der Waals surface area contributed by atoms with Gasteiger partial charge in [-0.3, -0.25) is 4.79 Å². The van der Waals surface area contributed by atoms with Crippen LogP contribution in [0, 0.1) is 0 Å². The number of carbonyl (C=O) groups excluding carboxylic acids is 2. The molecule has 0 fully saturated rings. The number of nitrogens with zero attached hydrogens (tertiary/aromatic N) is 1. The van der Waals surface area contributed by atoms with E-state index in [1.807, 2.05) is 19.1 Å². The molecule has 28 heavy (non-hydrogen) atoms. The summed E-state index contributed by atoms with van der Waals surface area (Å²) in [4.78, 5) is 35.4. The van der Waals surface area contributed by atoms with Gasteiger partial charge in [0.15, 0.2) is 6.04 Å². The van der Waals surface area contributed by atoms with Crippen molar-refractivity contribution in [2.45, 2.75) is 65.0 Å². The Morgan fingerprint density at radius 3 is 2.11 bits per heavy atom. The molecule has 0 aliphatic carbocycles. The van der Waals surface area contributed by atoms with Gasteiger partial charge in [0.05, 0.1) is 25.7 Å².